The van der Waals surface area contributed by atoms with Gasteiger partial charge < -0.3 is 25.0 Å². The summed E-state index contributed by atoms with van der Waals surface area (Å²) in [5.74, 6) is 1.17. The lowest BCUT2D eigenvalue weighted by Gasteiger charge is -2.33. The molecule has 2 N–H and O–H groups in total. The van der Waals surface area contributed by atoms with Crippen molar-refractivity contribution >= 4 is 23.2 Å². The highest BCUT2D eigenvalue weighted by atomic mass is 16.5. The van der Waals surface area contributed by atoms with E-state index in [1.165, 1.54) is 16.4 Å². The van der Waals surface area contributed by atoms with Gasteiger partial charge in [-0.05, 0) is 44.0 Å². The lowest BCUT2D eigenvalue weighted by molar-refractivity contribution is -0.134. The Hall–Kier alpha value is -4.01. The van der Waals surface area contributed by atoms with Gasteiger partial charge >= 0.3 is 0 Å². The number of carbonyl (C=O) groups excluding carboxylic acids is 2. The number of hydrogen-bond donors (Lipinski definition) is 2. The summed E-state index contributed by atoms with van der Waals surface area (Å²) in [7, 11) is 0. The molecule has 2 aliphatic rings. The van der Waals surface area contributed by atoms with Crippen molar-refractivity contribution in [3.63, 3.8) is 0 Å². The molecule has 0 aliphatic carbocycles. The molecule has 3 heterocycles. The average Bonchev–Trinajstić information content (AvgIpc) is 3.31. The molecular formula is C26H29N5O4. The van der Waals surface area contributed by atoms with Crippen molar-refractivity contribution in [2.75, 3.05) is 30.3 Å². The Morgan fingerprint density at radius 3 is 2.89 bits per heavy atom. The number of para-hydroxylation sites is 2. The monoisotopic (exact) mass is 475 g/mol. The fourth-order valence-corrected chi connectivity index (χ4v) is 4.31. The van der Waals surface area contributed by atoms with Crippen LogP contribution < -0.4 is 20.1 Å². The molecule has 5 rings (SSSR count). The van der Waals surface area contributed by atoms with Gasteiger partial charge in [0.2, 0.25) is 5.91 Å². The van der Waals surface area contributed by atoms with Crippen LogP contribution >= 0.6 is 0 Å². The molecule has 1 aromatic heterocycles. The average molecular weight is 476 g/mol. The summed E-state index contributed by atoms with van der Waals surface area (Å²) in [4.78, 5) is 27.4. The second kappa shape index (κ2) is 10.1. The molecule has 0 radical (unpaired) electrons. The highest BCUT2D eigenvalue weighted by Crippen LogP contribution is 2.28. The molecular weight excluding hydrogens is 446 g/mol. The number of aryl methyl sites for hydroxylation is 1. The van der Waals surface area contributed by atoms with E-state index in [1.54, 1.807) is 6.20 Å². The Morgan fingerprint density at radius 2 is 2.03 bits per heavy atom. The second-order valence-electron chi connectivity index (χ2n) is 8.93. The maximum atomic E-state index is 12.9. The maximum absolute atomic E-state index is 12.9. The van der Waals surface area contributed by atoms with Crippen LogP contribution in [0.5, 0.6) is 11.5 Å². The van der Waals surface area contributed by atoms with E-state index in [0.29, 0.717) is 31.1 Å². The van der Waals surface area contributed by atoms with Crippen LogP contribution in [0.1, 0.15) is 18.4 Å². The van der Waals surface area contributed by atoms with Crippen LogP contribution in [0.2, 0.25) is 0 Å². The molecule has 2 amide bonds. The minimum Gasteiger partial charge on any atom is -0.489 e. The van der Waals surface area contributed by atoms with E-state index < -0.39 is 6.10 Å². The van der Waals surface area contributed by atoms with E-state index in [-0.39, 0.29) is 24.5 Å². The van der Waals surface area contributed by atoms with Gasteiger partial charge in [0, 0.05) is 12.7 Å². The second-order valence-corrected chi connectivity index (χ2v) is 8.93. The van der Waals surface area contributed by atoms with Crippen LogP contribution in [0, 0.1) is 6.92 Å². The lowest BCUT2D eigenvalue weighted by Crippen LogP contribution is -2.45. The molecule has 0 saturated carbocycles. The number of aromatic nitrogens is 2. The summed E-state index contributed by atoms with van der Waals surface area (Å²) in [6.07, 6.45) is 4.31. The Bertz CT molecular complexity index is 1190. The van der Waals surface area contributed by atoms with Gasteiger partial charge in [-0.1, -0.05) is 29.8 Å². The summed E-state index contributed by atoms with van der Waals surface area (Å²) >= 11 is 0. The zero-order valence-corrected chi connectivity index (χ0v) is 19.6. The van der Waals surface area contributed by atoms with Crippen LogP contribution in [-0.2, 0) is 16.1 Å². The predicted octanol–water partition coefficient (Wildman–Crippen LogP) is 3.07. The molecule has 1 fully saturated rings. The topological polar surface area (TPSA) is 97.7 Å². The van der Waals surface area contributed by atoms with E-state index in [9.17, 15) is 9.59 Å². The number of piperidine rings is 1. The number of nitrogens with zero attached hydrogens (tertiary/aromatic N) is 3. The third-order valence-electron chi connectivity index (χ3n) is 6.18. The molecule has 1 saturated heterocycles. The van der Waals surface area contributed by atoms with Gasteiger partial charge in [-0.15, -0.1) is 0 Å². The Morgan fingerprint density at radius 1 is 1.20 bits per heavy atom. The minimum atomic E-state index is -0.659. The molecule has 3 aromatic rings. The third kappa shape index (κ3) is 5.56. The van der Waals surface area contributed by atoms with Gasteiger partial charge in [0.25, 0.3) is 5.91 Å². The normalized spacial score (nSPS) is 19.2. The highest BCUT2D eigenvalue weighted by molar-refractivity contribution is 5.95. The fourth-order valence-electron chi connectivity index (χ4n) is 4.31. The molecule has 2 aliphatic heterocycles. The van der Waals surface area contributed by atoms with Gasteiger partial charge in [-0.2, -0.15) is 5.10 Å². The number of ether oxygens (including phenoxy) is 2. The molecule has 2 aromatic carbocycles. The summed E-state index contributed by atoms with van der Waals surface area (Å²) in [6, 6.07) is 15.5. The van der Waals surface area contributed by atoms with Crippen molar-refractivity contribution in [1.29, 1.82) is 0 Å². The molecule has 35 heavy (non-hydrogen) atoms. The van der Waals surface area contributed by atoms with Crippen molar-refractivity contribution in [3.8, 4) is 11.5 Å². The summed E-state index contributed by atoms with van der Waals surface area (Å²) in [6.45, 7) is 3.76. The first-order chi connectivity index (χ1) is 17.0. The standard InChI is InChI=1S/C26H29N5O4/c1-18-8-10-20(11-9-18)34-21-5-4-12-30(16-21)25(32)17-31-15-19(13-28-31)29-26(33)24-14-27-22-6-2-3-7-23(22)35-24/h2-3,6-11,13,15,21,24,27H,4-5,12,14,16-17H2,1H3,(H,29,33)/t21-,24-/m0/s1. The van der Waals surface area contributed by atoms with E-state index in [0.717, 1.165) is 24.3 Å². The first-order valence-electron chi connectivity index (χ1n) is 11.9. The number of carbonyl (C=O) groups is 2. The quantitative estimate of drug-likeness (QED) is 0.569. The van der Waals surface area contributed by atoms with E-state index in [4.69, 9.17) is 9.47 Å². The number of amides is 2. The van der Waals surface area contributed by atoms with E-state index >= 15 is 0 Å². The van der Waals surface area contributed by atoms with Crippen LogP contribution in [0.4, 0.5) is 11.4 Å². The fraction of sp³-hybridized carbons (Fsp3) is 0.346. The smallest absolute Gasteiger partial charge is 0.267 e. The van der Waals surface area contributed by atoms with Crippen LogP contribution in [0.3, 0.4) is 0 Å². The maximum Gasteiger partial charge on any atom is 0.267 e. The summed E-state index contributed by atoms with van der Waals surface area (Å²) < 4.78 is 13.4. The van der Waals surface area contributed by atoms with Crippen LogP contribution in [-0.4, -0.2) is 58.3 Å². The lowest BCUT2D eigenvalue weighted by atomic mass is 10.1. The van der Waals surface area contributed by atoms with Crippen molar-refractivity contribution < 1.29 is 19.1 Å². The summed E-state index contributed by atoms with van der Waals surface area (Å²) in [5, 5.41) is 10.3. The van der Waals surface area contributed by atoms with Gasteiger partial charge in [0.15, 0.2) is 6.10 Å². The zero-order valence-electron chi connectivity index (χ0n) is 19.6. The molecule has 9 nitrogen and oxygen atoms in total. The van der Waals surface area contributed by atoms with Gasteiger partial charge in [0.1, 0.15) is 24.1 Å². The molecule has 182 valence electrons. The van der Waals surface area contributed by atoms with Crippen LogP contribution in [0.15, 0.2) is 60.9 Å². The third-order valence-corrected chi connectivity index (χ3v) is 6.18. The number of nitrogens with one attached hydrogen (secondary N) is 2. The molecule has 2 atom stereocenters. The van der Waals surface area contributed by atoms with E-state index in [1.807, 2.05) is 60.4 Å². The van der Waals surface area contributed by atoms with Crippen molar-refractivity contribution in [1.82, 2.24) is 14.7 Å². The molecule has 0 spiro atoms. The SMILES string of the molecule is Cc1ccc(O[C@H]2CCCN(C(=O)Cn3cc(NC(=O)[C@@H]4CNc5ccccc5O4)cn3)C2)cc1. The molecule has 9 heteroatoms. The first kappa shape index (κ1) is 22.8. The number of rotatable bonds is 6. The Labute approximate surface area is 204 Å². The number of likely N-dealkylation sites (tertiary alicyclic amines) is 1. The number of fused-ring (bicyclic) bond motifs is 1. The Balaban J connectivity index is 1.12. The largest absolute Gasteiger partial charge is 0.489 e. The van der Waals surface area contributed by atoms with Crippen molar-refractivity contribution in [2.45, 2.75) is 38.5 Å². The highest BCUT2D eigenvalue weighted by Gasteiger charge is 2.27. The minimum absolute atomic E-state index is 0.0281. The van der Waals surface area contributed by atoms with E-state index in [2.05, 4.69) is 15.7 Å². The van der Waals surface area contributed by atoms with Crippen molar-refractivity contribution in [3.05, 3.63) is 66.5 Å². The molecule has 0 bridgehead atoms. The number of hydrogen-bond acceptors (Lipinski definition) is 6. The van der Waals surface area contributed by atoms with Crippen LogP contribution in [0.25, 0.3) is 0 Å². The van der Waals surface area contributed by atoms with Gasteiger partial charge in [-0.25, -0.2) is 0 Å². The number of anilines is 2. The van der Waals surface area contributed by atoms with Gasteiger partial charge in [0.05, 0.1) is 30.7 Å². The summed E-state index contributed by atoms with van der Waals surface area (Å²) in [5.41, 5.74) is 2.57. The first-order valence-corrected chi connectivity index (χ1v) is 11.9. The predicted molar refractivity (Wildman–Crippen MR) is 132 cm³/mol. The Kier molecular flexibility index (Phi) is 6.56. The zero-order chi connectivity index (χ0) is 24.2. The van der Waals surface area contributed by atoms with Crippen molar-refractivity contribution in [2.24, 2.45) is 0 Å². The molecule has 0 unspecified atom stereocenters. The van der Waals surface area contributed by atoms with Gasteiger partial charge in [-0.3, -0.25) is 14.3 Å². The number of benzene rings is 2.